The zero-order chi connectivity index (χ0) is 37.5. The molecule has 3 N–H and O–H groups in total. The lowest BCUT2D eigenvalue weighted by Gasteiger charge is -2.27. The maximum absolute atomic E-state index is 14.8. The van der Waals surface area contributed by atoms with E-state index in [-0.39, 0.29) is 61.6 Å². The lowest BCUT2D eigenvalue weighted by atomic mass is 10.0. The Kier molecular flexibility index (Phi) is 11.9. The van der Waals surface area contributed by atoms with E-state index in [1.54, 1.807) is 5.38 Å². The first-order valence-corrected chi connectivity index (χ1v) is 17.5. The van der Waals surface area contributed by atoms with Gasteiger partial charge in [0.15, 0.2) is 29.9 Å². The lowest BCUT2D eigenvalue weighted by Crippen LogP contribution is -2.54. The number of hydrogen-bond donors (Lipinski definition) is 3. The van der Waals surface area contributed by atoms with Crippen molar-refractivity contribution >= 4 is 51.9 Å². The second-order valence-electron chi connectivity index (χ2n) is 11.9. The van der Waals surface area contributed by atoms with Crippen LogP contribution in [0.15, 0.2) is 35.7 Å². The topological polar surface area (TPSA) is 195 Å². The predicted molar refractivity (Wildman–Crippen MR) is 181 cm³/mol. The van der Waals surface area contributed by atoms with Crippen molar-refractivity contribution in [2.75, 3.05) is 70.7 Å². The average Bonchev–Trinajstić information content (AvgIpc) is 3.74. The van der Waals surface area contributed by atoms with Gasteiger partial charge in [-0.05, 0) is 30.7 Å². The van der Waals surface area contributed by atoms with E-state index in [0.29, 0.717) is 37.1 Å². The molecule has 3 aliphatic rings. The number of rotatable bonds is 15. The Morgan fingerprint density at radius 2 is 1.66 bits per heavy atom. The minimum Gasteiger partial charge on any atom is -0.483 e. The second kappa shape index (κ2) is 16.9. The Balaban J connectivity index is 0.892. The molecule has 6 rings (SSSR count). The van der Waals surface area contributed by atoms with E-state index in [9.17, 15) is 37.5 Å². The lowest BCUT2D eigenvalue weighted by molar-refractivity contribution is -0.136. The minimum absolute atomic E-state index is 0.00172. The van der Waals surface area contributed by atoms with Gasteiger partial charge in [0.1, 0.15) is 11.8 Å². The number of nitrogens with zero attached hydrogens (tertiary/aromatic N) is 3. The van der Waals surface area contributed by atoms with Gasteiger partial charge in [-0.15, -0.1) is 11.3 Å². The molecule has 1 atom stereocenters. The smallest absolute Gasteiger partial charge is 0.266 e. The second-order valence-corrected chi connectivity index (χ2v) is 12.7. The Morgan fingerprint density at radius 3 is 2.38 bits per heavy atom. The standard InChI is InChI=1S/C34H34F2N6O10S/c35-21-5-4-19(22-18-53-34(39-22)41-10-14-50-15-11-41)30(29(21)36)52-17-27(45)38-9-13-49-12-8-37-26(44)16-51-24-3-1-2-20-28(24)33(48)42(32(20)47)23-6-7-25(43)40-31(23)46/h1-5,18,23H,6-17H2,(H,37,44)(H,38,45)(H,40,43,46). The molecule has 4 heterocycles. The predicted octanol–water partition coefficient (Wildman–Crippen LogP) is 1.03. The van der Waals surface area contributed by atoms with Crippen LogP contribution in [0.5, 0.6) is 11.5 Å². The van der Waals surface area contributed by atoms with Crippen LogP contribution < -0.4 is 30.3 Å². The van der Waals surface area contributed by atoms with E-state index < -0.39 is 72.1 Å². The summed E-state index contributed by atoms with van der Waals surface area (Å²) in [5.74, 6) is -6.65. The van der Waals surface area contributed by atoms with Crippen LogP contribution in [0.4, 0.5) is 13.9 Å². The number of carbonyl (C=O) groups is 6. The number of piperidine rings is 1. The van der Waals surface area contributed by atoms with Gasteiger partial charge in [-0.2, -0.15) is 4.39 Å². The number of halogens is 2. The SMILES string of the molecule is O=C(COc1cccc2c1C(=O)N(C1CCC(=O)NC1=O)C2=O)NCCOCCNC(=O)COc1c(-c2csc(N3CCOCC3)n2)ccc(F)c1F. The Labute approximate surface area is 304 Å². The molecule has 3 aromatic rings. The molecule has 3 aliphatic heterocycles. The largest absolute Gasteiger partial charge is 0.483 e. The number of ether oxygens (including phenoxy) is 4. The van der Waals surface area contributed by atoms with Crippen molar-refractivity contribution < 1.29 is 56.5 Å². The number of amides is 6. The van der Waals surface area contributed by atoms with Gasteiger partial charge in [0.05, 0.1) is 43.2 Å². The van der Waals surface area contributed by atoms with Gasteiger partial charge in [0.2, 0.25) is 17.6 Å². The third kappa shape index (κ3) is 8.58. The third-order valence-electron chi connectivity index (χ3n) is 8.37. The zero-order valence-corrected chi connectivity index (χ0v) is 28.9. The summed E-state index contributed by atoms with van der Waals surface area (Å²) in [6.07, 6.45) is -0.0182. The molecular weight excluding hydrogens is 722 g/mol. The van der Waals surface area contributed by atoms with Crippen molar-refractivity contribution in [3.63, 3.8) is 0 Å². The van der Waals surface area contributed by atoms with E-state index in [1.165, 1.54) is 35.6 Å². The summed E-state index contributed by atoms with van der Waals surface area (Å²) in [6.45, 7) is 1.64. The van der Waals surface area contributed by atoms with Crippen LogP contribution in [0.25, 0.3) is 11.3 Å². The van der Waals surface area contributed by atoms with Crippen LogP contribution in [-0.2, 0) is 28.7 Å². The number of anilines is 1. The van der Waals surface area contributed by atoms with Crippen LogP contribution in [0.1, 0.15) is 33.6 Å². The van der Waals surface area contributed by atoms with Gasteiger partial charge >= 0.3 is 0 Å². The Hall–Kier alpha value is -5.53. The zero-order valence-electron chi connectivity index (χ0n) is 28.1. The summed E-state index contributed by atoms with van der Waals surface area (Å²) in [6, 6.07) is 5.49. The van der Waals surface area contributed by atoms with Gasteiger partial charge in [-0.25, -0.2) is 9.37 Å². The molecule has 6 amide bonds. The Bertz CT molecular complexity index is 1920. The molecule has 0 aliphatic carbocycles. The van der Waals surface area contributed by atoms with Gasteiger partial charge in [-0.1, -0.05) is 6.07 Å². The number of carbonyl (C=O) groups excluding carboxylic acids is 6. The van der Waals surface area contributed by atoms with Gasteiger partial charge in [0, 0.05) is 43.5 Å². The van der Waals surface area contributed by atoms with Crippen molar-refractivity contribution in [2.45, 2.75) is 18.9 Å². The highest BCUT2D eigenvalue weighted by Crippen LogP contribution is 2.37. The molecule has 0 bridgehead atoms. The summed E-state index contributed by atoms with van der Waals surface area (Å²) in [7, 11) is 0. The summed E-state index contributed by atoms with van der Waals surface area (Å²) in [5, 5.41) is 9.67. The van der Waals surface area contributed by atoms with Crippen molar-refractivity contribution in [2.24, 2.45) is 0 Å². The first kappa shape index (κ1) is 37.2. The molecule has 0 saturated carbocycles. The summed E-state index contributed by atoms with van der Waals surface area (Å²) < 4.78 is 50.6. The van der Waals surface area contributed by atoms with E-state index in [2.05, 4.69) is 20.9 Å². The summed E-state index contributed by atoms with van der Waals surface area (Å²) >= 11 is 1.35. The highest BCUT2D eigenvalue weighted by Gasteiger charge is 2.46. The van der Waals surface area contributed by atoms with Crippen molar-refractivity contribution in [3.8, 4) is 22.8 Å². The van der Waals surface area contributed by atoms with Crippen LogP contribution >= 0.6 is 11.3 Å². The molecule has 2 saturated heterocycles. The van der Waals surface area contributed by atoms with E-state index in [4.69, 9.17) is 18.9 Å². The minimum atomic E-state index is -1.24. The van der Waals surface area contributed by atoms with Gasteiger partial charge < -0.3 is 34.5 Å². The van der Waals surface area contributed by atoms with Gasteiger partial charge in [0.25, 0.3) is 23.6 Å². The maximum Gasteiger partial charge on any atom is 0.266 e. The molecule has 0 radical (unpaired) electrons. The molecule has 16 nitrogen and oxygen atoms in total. The monoisotopic (exact) mass is 756 g/mol. The normalized spacial score (nSPS) is 17.1. The number of nitrogens with one attached hydrogen (secondary N) is 3. The fraction of sp³-hybridized carbons (Fsp3) is 0.382. The third-order valence-corrected chi connectivity index (χ3v) is 9.27. The fourth-order valence-corrected chi connectivity index (χ4v) is 6.66. The number of benzene rings is 2. The quantitative estimate of drug-likeness (QED) is 0.148. The molecule has 0 spiro atoms. The van der Waals surface area contributed by atoms with Gasteiger partial charge in [-0.3, -0.25) is 39.0 Å². The van der Waals surface area contributed by atoms with Crippen molar-refractivity contribution in [1.82, 2.24) is 25.8 Å². The van der Waals surface area contributed by atoms with Crippen LogP contribution in [0, 0.1) is 11.6 Å². The highest BCUT2D eigenvalue weighted by atomic mass is 32.1. The molecule has 1 aromatic heterocycles. The van der Waals surface area contributed by atoms with Crippen LogP contribution in [0.2, 0.25) is 0 Å². The Morgan fingerprint density at radius 1 is 0.943 bits per heavy atom. The number of thiazole rings is 1. The maximum atomic E-state index is 14.8. The number of hydrogen-bond acceptors (Lipinski definition) is 13. The molecule has 2 aromatic carbocycles. The molecule has 1 unspecified atom stereocenters. The molecule has 53 heavy (non-hydrogen) atoms. The average molecular weight is 757 g/mol. The van der Waals surface area contributed by atoms with E-state index >= 15 is 0 Å². The number of aromatic nitrogens is 1. The molecule has 19 heteroatoms. The van der Waals surface area contributed by atoms with E-state index in [1.807, 2.05) is 4.90 Å². The molecule has 280 valence electrons. The fourth-order valence-electron chi connectivity index (χ4n) is 5.78. The van der Waals surface area contributed by atoms with E-state index in [0.717, 1.165) is 11.0 Å². The van der Waals surface area contributed by atoms with Crippen molar-refractivity contribution in [3.05, 3.63) is 58.5 Å². The first-order chi connectivity index (χ1) is 25.6. The number of morpholine rings is 1. The van der Waals surface area contributed by atoms with Crippen molar-refractivity contribution in [1.29, 1.82) is 0 Å². The van der Waals surface area contributed by atoms with Crippen LogP contribution in [0.3, 0.4) is 0 Å². The van der Waals surface area contributed by atoms with Crippen LogP contribution in [-0.4, -0.2) is 117 Å². The number of imide groups is 2. The summed E-state index contributed by atoms with van der Waals surface area (Å²) in [5.41, 5.74) is 0.525. The number of fused-ring (bicyclic) bond motifs is 1. The molecule has 2 fully saturated rings. The first-order valence-electron chi connectivity index (χ1n) is 16.6. The molecular formula is C34H34F2N6O10S. The summed E-state index contributed by atoms with van der Waals surface area (Å²) in [4.78, 5) is 82.1. The highest BCUT2D eigenvalue weighted by molar-refractivity contribution is 7.14.